The van der Waals surface area contributed by atoms with E-state index < -0.39 is 13.3 Å². The maximum absolute atomic E-state index is 12.5. The zero-order valence-electron chi connectivity index (χ0n) is 13.2. The van der Waals surface area contributed by atoms with Gasteiger partial charge in [-0.3, -0.25) is 9.88 Å². The van der Waals surface area contributed by atoms with Crippen LogP contribution in [-0.2, 0) is 20.5 Å². The average molecular weight is 314 g/mol. The van der Waals surface area contributed by atoms with Gasteiger partial charge in [0, 0.05) is 12.3 Å². The van der Waals surface area contributed by atoms with E-state index in [0.717, 1.165) is 5.56 Å². The monoisotopic (exact) mass is 314 g/mol. The van der Waals surface area contributed by atoms with Crippen molar-refractivity contribution in [2.75, 3.05) is 18.9 Å². The molecule has 6 heteroatoms. The van der Waals surface area contributed by atoms with Gasteiger partial charge in [-0.25, -0.2) is 0 Å². The van der Waals surface area contributed by atoms with E-state index >= 15 is 0 Å². The van der Waals surface area contributed by atoms with Crippen molar-refractivity contribution in [2.24, 2.45) is 0 Å². The molecule has 0 saturated heterocycles. The van der Waals surface area contributed by atoms with Gasteiger partial charge >= 0.3 is 5.97 Å². The number of hydrogen-bond acceptors (Lipinski definition) is 4. The Hall–Kier alpha value is -1.16. The SMILES string of the molecule is CCOC(=O)[C@H](Cc1ccccc1)NP(=O)(CC)CC.N. The summed E-state index contributed by atoms with van der Waals surface area (Å²) in [6.45, 7) is 5.86. The predicted octanol–water partition coefficient (Wildman–Crippen LogP) is 3.23. The van der Waals surface area contributed by atoms with Crippen molar-refractivity contribution in [2.45, 2.75) is 33.2 Å². The second-order valence-electron chi connectivity index (χ2n) is 4.65. The Labute approximate surface area is 127 Å². The molecule has 0 radical (unpaired) electrons. The highest BCUT2D eigenvalue weighted by Gasteiger charge is 2.28. The van der Waals surface area contributed by atoms with Crippen LogP contribution in [0.5, 0.6) is 0 Å². The lowest BCUT2D eigenvalue weighted by Gasteiger charge is -2.23. The smallest absolute Gasteiger partial charge is 0.323 e. The molecule has 0 heterocycles. The van der Waals surface area contributed by atoms with Gasteiger partial charge in [-0.15, -0.1) is 0 Å². The van der Waals surface area contributed by atoms with E-state index in [2.05, 4.69) is 5.09 Å². The molecule has 0 spiro atoms. The zero-order chi connectivity index (χ0) is 15.0. The first kappa shape index (κ1) is 19.8. The Balaban J connectivity index is 0.00000400. The molecular formula is C15H27N2O3P. The fourth-order valence-corrected chi connectivity index (χ4v) is 3.54. The van der Waals surface area contributed by atoms with Gasteiger partial charge in [-0.2, -0.15) is 0 Å². The summed E-state index contributed by atoms with van der Waals surface area (Å²) in [7, 11) is -2.50. The van der Waals surface area contributed by atoms with E-state index in [-0.39, 0.29) is 12.1 Å². The van der Waals surface area contributed by atoms with Gasteiger partial charge < -0.3 is 15.5 Å². The van der Waals surface area contributed by atoms with Gasteiger partial charge in [-0.1, -0.05) is 44.2 Å². The molecule has 5 nitrogen and oxygen atoms in total. The lowest BCUT2D eigenvalue weighted by molar-refractivity contribution is -0.145. The molecular weight excluding hydrogens is 287 g/mol. The molecule has 0 saturated carbocycles. The van der Waals surface area contributed by atoms with Crippen LogP contribution in [0.1, 0.15) is 26.3 Å². The Morgan fingerprint density at radius 1 is 1.19 bits per heavy atom. The summed E-state index contributed by atoms with van der Waals surface area (Å²) in [6.07, 6.45) is 1.56. The third kappa shape index (κ3) is 6.42. The zero-order valence-corrected chi connectivity index (χ0v) is 14.1. The fourth-order valence-electron chi connectivity index (χ4n) is 1.96. The predicted molar refractivity (Wildman–Crippen MR) is 87.4 cm³/mol. The topological polar surface area (TPSA) is 90.4 Å². The van der Waals surface area contributed by atoms with Crippen molar-refractivity contribution in [3.63, 3.8) is 0 Å². The molecule has 0 fully saturated rings. The van der Waals surface area contributed by atoms with Crippen molar-refractivity contribution in [1.29, 1.82) is 0 Å². The number of carbonyl (C=O) groups is 1. The quantitative estimate of drug-likeness (QED) is 0.568. The van der Waals surface area contributed by atoms with Gasteiger partial charge in [0.2, 0.25) is 0 Å². The highest BCUT2D eigenvalue weighted by molar-refractivity contribution is 7.61. The number of hydrogen-bond donors (Lipinski definition) is 2. The van der Waals surface area contributed by atoms with E-state index in [1.165, 1.54) is 0 Å². The third-order valence-corrected chi connectivity index (χ3v) is 6.09. The third-order valence-electron chi connectivity index (χ3n) is 3.27. The molecule has 0 aliphatic rings. The summed E-state index contributed by atoms with van der Waals surface area (Å²) >= 11 is 0. The number of nitrogens with one attached hydrogen (secondary N) is 1. The molecule has 0 bridgehead atoms. The molecule has 21 heavy (non-hydrogen) atoms. The highest BCUT2D eigenvalue weighted by atomic mass is 31.2. The van der Waals surface area contributed by atoms with Crippen LogP contribution < -0.4 is 11.2 Å². The van der Waals surface area contributed by atoms with E-state index in [1.807, 2.05) is 44.2 Å². The van der Waals surface area contributed by atoms with Crippen molar-refractivity contribution in [3.8, 4) is 0 Å². The van der Waals surface area contributed by atoms with Crippen LogP contribution in [-0.4, -0.2) is 30.9 Å². The van der Waals surface area contributed by atoms with E-state index in [9.17, 15) is 9.36 Å². The van der Waals surface area contributed by atoms with Crippen LogP contribution in [0.3, 0.4) is 0 Å². The summed E-state index contributed by atoms with van der Waals surface area (Å²) in [6, 6.07) is 9.14. The van der Waals surface area contributed by atoms with Crippen LogP contribution in [0.2, 0.25) is 0 Å². The highest BCUT2D eigenvalue weighted by Crippen LogP contribution is 2.40. The van der Waals surface area contributed by atoms with E-state index in [1.54, 1.807) is 6.92 Å². The van der Waals surface area contributed by atoms with Gasteiger partial charge in [0.25, 0.3) is 0 Å². The van der Waals surface area contributed by atoms with Crippen LogP contribution in [0.15, 0.2) is 30.3 Å². The number of rotatable bonds is 8. The van der Waals surface area contributed by atoms with Gasteiger partial charge in [-0.05, 0) is 18.9 Å². The Kier molecular flexibility index (Phi) is 9.18. The lowest BCUT2D eigenvalue weighted by Crippen LogP contribution is -2.38. The number of ether oxygens (including phenoxy) is 1. The molecule has 0 aliphatic carbocycles. The van der Waals surface area contributed by atoms with Crippen molar-refractivity contribution in [3.05, 3.63) is 35.9 Å². The first-order valence-electron chi connectivity index (χ1n) is 7.11. The van der Waals surface area contributed by atoms with Crippen LogP contribution >= 0.6 is 7.29 Å². The van der Waals surface area contributed by atoms with Gasteiger partial charge in [0.05, 0.1) is 6.61 Å². The molecule has 1 rings (SSSR count). The molecule has 120 valence electrons. The molecule has 0 aliphatic heterocycles. The van der Waals surface area contributed by atoms with Crippen molar-refractivity contribution >= 4 is 13.3 Å². The minimum atomic E-state index is -2.50. The molecule has 1 aromatic carbocycles. The summed E-state index contributed by atoms with van der Waals surface area (Å²) < 4.78 is 17.6. The largest absolute Gasteiger partial charge is 0.465 e. The first-order chi connectivity index (χ1) is 9.54. The lowest BCUT2D eigenvalue weighted by atomic mass is 10.1. The van der Waals surface area contributed by atoms with Crippen molar-refractivity contribution in [1.82, 2.24) is 11.2 Å². The molecule has 0 amide bonds. The van der Waals surface area contributed by atoms with E-state index in [0.29, 0.717) is 25.4 Å². The Bertz CT molecular complexity index is 457. The van der Waals surface area contributed by atoms with Crippen LogP contribution in [0.4, 0.5) is 0 Å². The van der Waals surface area contributed by atoms with Gasteiger partial charge in [0.15, 0.2) is 0 Å². The standard InChI is InChI=1S/C15H24NO3P.H3N/c1-4-19-15(17)14(16-20(18,5-2)6-3)12-13-10-8-7-9-11-13;/h7-11,14H,4-6,12H2,1-3H3,(H,16,18);1H3/t14-;/m0./s1. The maximum atomic E-state index is 12.5. The molecule has 4 N–H and O–H groups in total. The molecule has 1 atom stereocenters. The Morgan fingerprint density at radius 2 is 1.76 bits per heavy atom. The number of esters is 1. The normalized spacial score (nSPS) is 12.3. The van der Waals surface area contributed by atoms with Crippen molar-refractivity contribution < 1.29 is 14.1 Å². The summed E-state index contributed by atoms with van der Waals surface area (Å²) in [5.41, 5.74) is 1.02. The number of benzene rings is 1. The van der Waals surface area contributed by atoms with E-state index in [4.69, 9.17) is 4.74 Å². The molecule has 1 aromatic rings. The first-order valence-corrected chi connectivity index (χ1v) is 9.18. The summed E-state index contributed by atoms with van der Waals surface area (Å²) in [5, 5.41) is 3.04. The Morgan fingerprint density at radius 3 is 2.24 bits per heavy atom. The molecule has 0 unspecified atom stereocenters. The summed E-state index contributed by atoms with van der Waals surface area (Å²) in [4.78, 5) is 12.1. The number of carbonyl (C=O) groups excluding carboxylic acids is 1. The second kappa shape index (κ2) is 9.72. The second-order valence-corrected chi connectivity index (χ2v) is 7.95. The fraction of sp³-hybridized carbons (Fsp3) is 0.533. The van der Waals surface area contributed by atoms with Crippen LogP contribution in [0, 0.1) is 0 Å². The maximum Gasteiger partial charge on any atom is 0.323 e. The van der Waals surface area contributed by atoms with Gasteiger partial charge in [0.1, 0.15) is 13.3 Å². The average Bonchev–Trinajstić information content (AvgIpc) is 2.47. The summed E-state index contributed by atoms with van der Waals surface area (Å²) in [5.74, 6) is -0.335. The van der Waals surface area contributed by atoms with Crippen LogP contribution in [0.25, 0.3) is 0 Å². The minimum Gasteiger partial charge on any atom is -0.465 e. The molecule has 0 aromatic heterocycles. The minimum absolute atomic E-state index is 0.